The molecular formula is C14H21NO2. The molecule has 0 N–H and O–H groups in total. The zero-order chi connectivity index (χ0) is 13.2. The molecule has 0 amide bonds. The molecule has 3 heteroatoms. The van der Waals surface area contributed by atoms with Crippen LogP contribution in [0.4, 0.5) is 5.69 Å². The number of likely N-dealkylation sites (N-methyl/N-ethyl adjacent to an activating group) is 1. The van der Waals surface area contributed by atoms with Gasteiger partial charge in [-0.2, -0.15) is 0 Å². The van der Waals surface area contributed by atoms with Crippen molar-refractivity contribution in [3.05, 3.63) is 28.3 Å². The number of ether oxygens (including phenoxy) is 1. The van der Waals surface area contributed by atoms with Crippen LogP contribution in [0, 0.1) is 27.7 Å². The molecule has 1 rings (SSSR count). The summed E-state index contributed by atoms with van der Waals surface area (Å²) < 4.78 is 4.70. The summed E-state index contributed by atoms with van der Waals surface area (Å²) in [5.74, 6) is -0.217. The van der Waals surface area contributed by atoms with Crippen molar-refractivity contribution in [1.29, 1.82) is 0 Å². The van der Waals surface area contributed by atoms with Crippen LogP contribution in [-0.4, -0.2) is 26.7 Å². The maximum atomic E-state index is 11.3. The van der Waals surface area contributed by atoms with Crippen LogP contribution in [0.25, 0.3) is 0 Å². The molecule has 94 valence electrons. The standard InChI is InChI=1S/C14H21NO2/c1-9-7-10(2)12(4)14(11(9)3)15(5)8-13(16)17-6/h7H,8H2,1-6H3. The molecule has 0 aliphatic rings. The van der Waals surface area contributed by atoms with Gasteiger partial charge in [-0.3, -0.25) is 4.79 Å². The Morgan fingerprint density at radius 1 is 1.18 bits per heavy atom. The first kappa shape index (κ1) is 13.6. The highest BCUT2D eigenvalue weighted by molar-refractivity contribution is 5.77. The van der Waals surface area contributed by atoms with Crippen molar-refractivity contribution in [3.8, 4) is 0 Å². The molecule has 0 aliphatic heterocycles. The van der Waals surface area contributed by atoms with Gasteiger partial charge in [-0.1, -0.05) is 6.07 Å². The van der Waals surface area contributed by atoms with E-state index in [9.17, 15) is 4.79 Å². The molecule has 0 bridgehead atoms. The molecule has 0 saturated carbocycles. The number of hydrogen-bond donors (Lipinski definition) is 0. The third-order valence-corrected chi connectivity index (χ3v) is 3.30. The fraction of sp³-hybridized carbons (Fsp3) is 0.500. The van der Waals surface area contributed by atoms with E-state index in [0.29, 0.717) is 0 Å². The quantitative estimate of drug-likeness (QED) is 0.754. The molecule has 0 spiro atoms. The number of carbonyl (C=O) groups excluding carboxylic acids is 1. The van der Waals surface area contributed by atoms with Gasteiger partial charge >= 0.3 is 5.97 Å². The van der Waals surface area contributed by atoms with Crippen molar-refractivity contribution < 1.29 is 9.53 Å². The second kappa shape index (κ2) is 5.21. The first-order chi connectivity index (χ1) is 7.88. The topological polar surface area (TPSA) is 29.5 Å². The minimum Gasteiger partial charge on any atom is -0.468 e. The van der Waals surface area contributed by atoms with Gasteiger partial charge in [0.2, 0.25) is 0 Å². The van der Waals surface area contributed by atoms with Crippen LogP contribution in [0.1, 0.15) is 22.3 Å². The molecule has 3 nitrogen and oxygen atoms in total. The summed E-state index contributed by atoms with van der Waals surface area (Å²) in [5, 5.41) is 0. The van der Waals surface area contributed by atoms with Crippen LogP contribution in [0.5, 0.6) is 0 Å². The molecule has 0 heterocycles. The first-order valence-corrected chi connectivity index (χ1v) is 5.73. The highest BCUT2D eigenvalue weighted by Crippen LogP contribution is 2.29. The van der Waals surface area contributed by atoms with E-state index in [0.717, 1.165) is 5.69 Å². The Morgan fingerprint density at radius 2 is 1.65 bits per heavy atom. The Kier molecular flexibility index (Phi) is 4.16. The van der Waals surface area contributed by atoms with Gasteiger partial charge in [0.15, 0.2) is 0 Å². The van der Waals surface area contributed by atoms with E-state index in [-0.39, 0.29) is 12.5 Å². The van der Waals surface area contributed by atoms with Crippen LogP contribution >= 0.6 is 0 Å². The van der Waals surface area contributed by atoms with Crippen molar-refractivity contribution in [2.45, 2.75) is 27.7 Å². The van der Waals surface area contributed by atoms with Crippen molar-refractivity contribution in [1.82, 2.24) is 0 Å². The number of methoxy groups -OCH3 is 1. The van der Waals surface area contributed by atoms with Gasteiger partial charge in [-0.05, 0) is 49.9 Å². The van der Waals surface area contributed by atoms with Crippen molar-refractivity contribution in [2.75, 3.05) is 25.6 Å². The number of esters is 1. The lowest BCUT2D eigenvalue weighted by Crippen LogP contribution is -2.28. The predicted molar refractivity (Wildman–Crippen MR) is 70.7 cm³/mol. The Hall–Kier alpha value is -1.51. The molecule has 1 aromatic rings. The van der Waals surface area contributed by atoms with Crippen LogP contribution in [0.3, 0.4) is 0 Å². The van der Waals surface area contributed by atoms with Crippen LogP contribution < -0.4 is 4.90 Å². The Balaban J connectivity index is 3.16. The van der Waals surface area contributed by atoms with E-state index in [1.54, 1.807) is 0 Å². The Labute approximate surface area is 103 Å². The normalized spacial score (nSPS) is 10.2. The molecular weight excluding hydrogens is 214 g/mol. The largest absolute Gasteiger partial charge is 0.468 e. The summed E-state index contributed by atoms with van der Waals surface area (Å²) in [6.45, 7) is 8.64. The van der Waals surface area contributed by atoms with Gasteiger partial charge in [0.1, 0.15) is 6.54 Å². The molecule has 0 unspecified atom stereocenters. The highest BCUT2D eigenvalue weighted by atomic mass is 16.5. The number of hydrogen-bond acceptors (Lipinski definition) is 3. The second-order valence-corrected chi connectivity index (χ2v) is 4.54. The lowest BCUT2D eigenvalue weighted by atomic mass is 9.98. The third kappa shape index (κ3) is 2.78. The average molecular weight is 235 g/mol. The minimum absolute atomic E-state index is 0.217. The number of rotatable bonds is 3. The van der Waals surface area contributed by atoms with Gasteiger partial charge in [-0.15, -0.1) is 0 Å². The molecule has 1 aromatic carbocycles. The third-order valence-electron chi connectivity index (χ3n) is 3.30. The van der Waals surface area contributed by atoms with E-state index < -0.39 is 0 Å². The van der Waals surface area contributed by atoms with Gasteiger partial charge in [-0.25, -0.2) is 0 Å². The summed E-state index contributed by atoms with van der Waals surface area (Å²) in [4.78, 5) is 13.3. The fourth-order valence-corrected chi connectivity index (χ4v) is 2.11. The molecule has 17 heavy (non-hydrogen) atoms. The molecule has 0 saturated heterocycles. The van der Waals surface area contributed by atoms with Gasteiger partial charge < -0.3 is 9.64 Å². The zero-order valence-electron chi connectivity index (χ0n) is 11.5. The monoisotopic (exact) mass is 235 g/mol. The average Bonchev–Trinajstić information content (AvgIpc) is 2.26. The predicted octanol–water partition coefficient (Wildman–Crippen LogP) is 2.53. The summed E-state index contributed by atoms with van der Waals surface area (Å²) in [6.07, 6.45) is 0. The number of carbonyl (C=O) groups is 1. The van der Waals surface area contributed by atoms with E-state index in [1.807, 2.05) is 11.9 Å². The number of anilines is 1. The maximum absolute atomic E-state index is 11.3. The van der Waals surface area contributed by atoms with Crippen molar-refractivity contribution in [2.24, 2.45) is 0 Å². The van der Waals surface area contributed by atoms with Crippen molar-refractivity contribution >= 4 is 11.7 Å². The molecule has 0 aromatic heterocycles. The second-order valence-electron chi connectivity index (χ2n) is 4.54. The first-order valence-electron chi connectivity index (χ1n) is 5.73. The lowest BCUT2D eigenvalue weighted by Gasteiger charge is -2.24. The van der Waals surface area contributed by atoms with Crippen LogP contribution in [-0.2, 0) is 9.53 Å². The summed E-state index contributed by atoms with van der Waals surface area (Å²) in [7, 11) is 3.34. The Bertz CT molecular complexity index is 412. The lowest BCUT2D eigenvalue weighted by molar-refractivity contribution is -0.138. The molecule has 0 atom stereocenters. The van der Waals surface area contributed by atoms with Crippen LogP contribution in [0.2, 0.25) is 0 Å². The van der Waals surface area contributed by atoms with E-state index in [2.05, 4.69) is 33.8 Å². The smallest absolute Gasteiger partial charge is 0.325 e. The fourth-order valence-electron chi connectivity index (χ4n) is 2.11. The Morgan fingerprint density at radius 3 is 2.06 bits per heavy atom. The van der Waals surface area contributed by atoms with E-state index >= 15 is 0 Å². The minimum atomic E-state index is -0.217. The molecule has 0 radical (unpaired) electrons. The zero-order valence-corrected chi connectivity index (χ0v) is 11.5. The van der Waals surface area contributed by atoms with Gasteiger partial charge in [0.25, 0.3) is 0 Å². The maximum Gasteiger partial charge on any atom is 0.325 e. The van der Waals surface area contributed by atoms with Crippen LogP contribution in [0.15, 0.2) is 6.07 Å². The van der Waals surface area contributed by atoms with Gasteiger partial charge in [0, 0.05) is 12.7 Å². The van der Waals surface area contributed by atoms with E-state index in [4.69, 9.17) is 4.74 Å². The molecule has 0 fully saturated rings. The summed E-state index contributed by atoms with van der Waals surface area (Å²) in [5.41, 5.74) is 6.08. The SMILES string of the molecule is COC(=O)CN(C)c1c(C)c(C)cc(C)c1C. The molecule has 0 aliphatic carbocycles. The van der Waals surface area contributed by atoms with E-state index in [1.165, 1.54) is 29.4 Å². The summed E-state index contributed by atoms with van der Waals surface area (Å²) in [6, 6.07) is 2.18. The van der Waals surface area contributed by atoms with Gasteiger partial charge in [0.05, 0.1) is 7.11 Å². The summed E-state index contributed by atoms with van der Waals surface area (Å²) >= 11 is 0. The number of nitrogens with zero attached hydrogens (tertiary/aromatic N) is 1. The number of benzene rings is 1. The number of aryl methyl sites for hydroxylation is 2. The highest BCUT2D eigenvalue weighted by Gasteiger charge is 2.14. The van der Waals surface area contributed by atoms with Crippen molar-refractivity contribution in [3.63, 3.8) is 0 Å².